The van der Waals surface area contributed by atoms with Gasteiger partial charge in [0.05, 0.1) is 12.1 Å². The number of nitrogens with two attached hydrogens (primary N) is 1. The zero-order chi connectivity index (χ0) is 13.4. The maximum Gasteiger partial charge on any atom is 0.239 e. The number of nitrogen functional groups attached to an aromatic ring is 1. The van der Waals surface area contributed by atoms with Crippen LogP contribution < -0.4 is 10.5 Å². The first-order valence-electron chi connectivity index (χ1n) is 6.20. The topological polar surface area (TPSA) is 66.0 Å². The Hall–Kier alpha value is -1.75. The van der Waals surface area contributed by atoms with Gasteiger partial charge < -0.3 is 10.5 Å². The van der Waals surface area contributed by atoms with Crippen molar-refractivity contribution in [2.75, 3.05) is 12.8 Å². The van der Waals surface area contributed by atoms with E-state index in [4.69, 9.17) is 22.1 Å². The molecule has 0 amide bonds. The first-order valence-corrected chi connectivity index (χ1v) is 6.58. The van der Waals surface area contributed by atoms with Crippen LogP contribution in [0.4, 0.5) is 5.95 Å². The molecule has 1 unspecified atom stereocenters. The van der Waals surface area contributed by atoms with Crippen molar-refractivity contribution < 1.29 is 4.74 Å². The molecule has 0 aliphatic carbocycles. The smallest absolute Gasteiger partial charge is 0.239 e. The normalized spacial score (nSPS) is 18.1. The number of halogens is 1. The van der Waals surface area contributed by atoms with E-state index in [1.165, 1.54) is 5.56 Å². The van der Waals surface area contributed by atoms with Gasteiger partial charge in [0.1, 0.15) is 11.6 Å². The Morgan fingerprint density at radius 3 is 3.05 bits per heavy atom. The van der Waals surface area contributed by atoms with Crippen LogP contribution >= 0.6 is 11.6 Å². The molecular formula is C13H15ClN4O. The summed E-state index contributed by atoms with van der Waals surface area (Å²) in [6.45, 7) is 0.794. The lowest BCUT2D eigenvalue weighted by Gasteiger charge is -2.23. The van der Waals surface area contributed by atoms with Crippen molar-refractivity contribution in [1.82, 2.24) is 14.8 Å². The minimum atomic E-state index is 0.350. The Morgan fingerprint density at radius 2 is 2.32 bits per heavy atom. The molecule has 2 heterocycles. The van der Waals surface area contributed by atoms with Gasteiger partial charge in [-0.1, -0.05) is 17.7 Å². The van der Waals surface area contributed by atoms with E-state index in [0.717, 1.165) is 25.2 Å². The second-order valence-corrected chi connectivity index (χ2v) is 5.11. The zero-order valence-corrected chi connectivity index (χ0v) is 11.4. The molecule has 5 nitrogen and oxygen atoms in total. The van der Waals surface area contributed by atoms with E-state index in [9.17, 15) is 0 Å². The number of anilines is 1. The van der Waals surface area contributed by atoms with Gasteiger partial charge in [0, 0.05) is 18.9 Å². The number of nitrogens with zero attached hydrogens (tertiary/aromatic N) is 3. The number of aryl methyl sites for hydroxylation is 1. The number of benzene rings is 1. The second-order valence-electron chi connectivity index (χ2n) is 4.70. The molecule has 2 aromatic rings. The molecule has 1 aliphatic rings. The Labute approximate surface area is 116 Å². The second kappa shape index (κ2) is 4.74. The Balaban J connectivity index is 1.86. The fourth-order valence-electron chi connectivity index (χ4n) is 2.54. The highest BCUT2D eigenvalue weighted by Crippen LogP contribution is 2.33. The van der Waals surface area contributed by atoms with Crippen molar-refractivity contribution in [2.45, 2.75) is 25.3 Å². The van der Waals surface area contributed by atoms with Gasteiger partial charge in [-0.05, 0) is 24.1 Å². The Bertz CT molecular complexity index is 611. The molecule has 0 bridgehead atoms. The number of methoxy groups -OCH3 is 1. The minimum absolute atomic E-state index is 0.350. The highest BCUT2D eigenvalue weighted by atomic mass is 35.5. The fourth-order valence-corrected chi connectivity index (χ4v) is 2.80. The first kappa shape index (κ1) is 12.3. The van der Waals surface area contributed by atoms with Crippen LogP contribution in [0.1, 0.15) is 23.7 Å². The SMILES string of the molecule is COc1ccc(C2CCc3nc(N)nn3C2)cc1Cl. The maximum absolute atomic E-state index is 6.17. The standard InChI is InChI=1S/C13H15ClN4O/c1-19-11-4-2-8(6-10(11)14)9-3-5-12-16-13(15)17-18(12)7-9/h2,4,6,9H,3,5,7H2,1H3,(H2,15,17). The van der Waals surface area contributed by atoms with Gasteiger partial charge in [-0.2, -0.15) is 4.98 Å². The number of aromatic nitrogens is 3. The first-order chi connectivity index (χ1) is 9.17. The third-order valence-electron chi connectivity index (χ3n) is 3.52. The van der Waals surface area contributed by atoms with E-state index >= 15 is 0 Å². The summed E-state index contributed by atoms with van der Waals surface area (Å²) in [4.78, 5) is 4.21. The van der Waals surface area contributed by atoms with Crippen LogP contribution in [0.2, 0.25) is 5.02 Å². The number of rotatable bonds is 2. The van der Waals surface area contributed by atoms with Gasteiger partial charge >= 0.3 is 0 Å². The molecule has 0 fully saturated rings. The van der Waals surface area contributed by atoms with Gasteiger partial charge in [-0.25, -0.2) is 4.68 Å². The van der Waals surface area contributed by atoms with Crippen LogP contribution in [0.15, 0.2) is 18.2 Å². The molecule has 1 atom stereocenters. The van der Waals surface area contributed by atoms with Crippen molar-refractivity contribution in [3.63, 3.8) is 0 Å². The highest BCUT2D eigenvalue weighted by molar-refractivity contribution is 6.32. The molecule has 0 saturated carbocycles. The fraction of sp³-hybridized carbons (Fsp3) is 0.385. The van der Waals surface area contributed by atoms with E-state index in [1.807, 2.05) is 16.8 Å². The summed E-state index contributed by atoms with van der Waals surface area (Å²) in [5, 5.41) is 4.85. The number of hydrogen-bond acceptors (Lipinski definition) is 4. The molecule has 100 valence electrons. The lowest BCUT2D eigenvalue weighted by Crippen LogP contribution is -2.20. The Morgan fingerprint density at radius 1 is 1.47 bits per heavy atom. The lowest BCUT2D eigenvalue weighted by molar-refractivity contribution is 0.411. The van der Waals surface area contributed by atoms with Crippen molar-refractivity contribution >= 4 is 17.5 Å². The largest absolute Gasteiger partial charge is 0.495 e. The van der Waals surface area contributed by atoms with E-state index in [-0.39, 0.29) is 0 Å². The summed E-state index contributed by atoms with van der Waals surface area (Å²) in [5.41, 5.74) is 6.82. The Kier molecular flexibility index (Phi) is 3.06. The molecule has 2 N–H and O–H groups in total. The molecule has 1 aromatic carbocycles. The van der Waals surface area contributed by atoms with Gasteiger partial charge in [0.25, 0.3) is 0 Å². The van der Waals surface area contributed by atoms with Gasteiger partial charge in [-0.3, -0.25) is 0 Å². The van der Waals surface area contributed by atoms with Crippen LogP contribution in [-0.4, -0.2) is 21.9 Å². The van der Waals surface area contributed by atoms with Crippen molar-refractivity contribution in [3.8, 4) is 5.75 Å². The van der Waals surface area contributed by atoms with Crippen LogP contribution in [0.25, 0.3) is 0 Å². The number of ether oxygens (including phenoxy) is 1. The van der Waals surface area contributed by atoms with Gasteiger partial charge in [0.2, 0.25) is 5.95 Å². The van der Waals surface area contributed by atoms with E-state index < -0.39 is 0 Å². The van der Waals surface area contributed by atoms with Gasteiger partial charge in [-0.15, -0.1) is 5.10 Å². The average Bonchev–Trinajstić information content (AvgIpc) is 2.77. The lowest BCUT2D eigenvalue weighted by atomic mass is 9.92. The number of hydrogen-bond donors (Lipinski definition) is 1. The molecule has 6 heteroatoms. The van der Waals surface area contributed by atoms with Crippen LogP contribution in [0.5, 0.6) is 5.75 Å². The summed E-state index contributed by atoms with van der Waals surface area (Å²) in [7, 11) is 1.62. The molecule has 1 aromatic heterocycles. The van der Waals surface area contributed by atoms with Crippen molar-refractivity contribution in [1.29, 1.82) is 0 Å². The molecular weight excluding hydrogens is 264 g/mol. The molecule has 1 aliphatic heterocycles. The molecule has 19 heavy (non-hydrogen) atoms. The summed E-state index contributed by atoms with van der Waals surface area (Å²) in [6.07, 6.45) is 1.92. The monoisotopic (exact) mass is 278 g/mol. The minimum Gasteiger partial charge on any atom is -0.495 e. The van der Waals surface area contributed by atoms with Gasteiger partial charge in [0.15, 0.2) is 0 Å². The average molecular weight is 279 g/mol. The van der Waals surface area contributed by atoms with Crippen LogP contribution in [0, 0.1) is 0 Å². The zero-order valence-electron chi connectivity index (χ0n) is 10.6. The predicted octanol–water partition coefficient (Wildman–Crippen LogP) is 2.25. The van der Waals surface area contributed by atoms with E-state index in [1.54, 1.807) is 7.11 Å². The van der Waals surface area contributed by atoms with Crippen LogP contribution in [-0.2, 0) is 13.0 Å². The van der Waals surface area contributed by atoms with E-state index in [0.29, 0.717) is 22.6 Å². The summed E-state index contributed by atoms with van der Waals surface area (Å²) in [6, 6.07) is 5.93. The molecule has 0 saturated heterocycles. The third kappa shape index (κ3) is 2.26. The third-order valence-corrected chi connectivity index (χ3v) is 3.82. The highest BCUT2D eigenvalue weighted by Gasteiger charge is 2.23. The van der Waals surface area contributed by atoms with E-state index in [2.05, 4.69) is 16.1 Å². The summed E-state index contributed by atoms with van der Waals surface area (Å²) >= 11 is 6.17. The van der Waals surface area contributed by atoms with Crippen molar-refractivity contribution in [2.24, 2.45) is 0 Å². The number of fused-ring (bicyclic) bond motifs is 1. The predicted molar refractivity (Wildman–Crippen MR) is 73.5 cm³/mol. The summed E-state index contributed by atoms with van der Waals surface area (Å²) < 4.78 is 7.06. The van der Waals surface area contributed by atoms with Crippen LogP contribution in [0.3, 0.4) is 0 Å². The quantitative estimate of drug-likeness (QED) is 0.915. The van der Waals surface area contributed by atoms with Crippen molar-refractivity contribution in [3.05, 3.63) is 34.6 Å². The molecule has 0 radical (unpaired) electrons. The molecule has 0 spiro atoms. The summed E-state index contributed by atoms with van der Waals surface area (Å²) in [5.74, 6) is 2.40. The maximum atomic E-state index is 6.17. The molecule has 3 rings (SSSR count).